The maximum Gasteiger partial charge on any atom is 0.353 e. The van der Waals surface area contributed by atoms with Crippen LogP contribution < -0.4 is 11.1 Å². The summed E-state index contributed by atoms with van der Waals surface area (Å²) in [5.41, 5.74) is 5.13. The number of hydrogen-bond donors (Lipinski definition) is 4. The molecule has 0 saturated carbocycles. The number of anilines is 1. The summed E-state index contributed by atoms with van der Waals surface area (Å²) in [5, 5.41) is 25.3. The molecule has 0 aliphatic carbocycles. The molecule has 1 fully saturated rings. The zero-order valence-electron chi connectivity index (χ0n) is 14.9. The van der Waals surface area contributed by atoms with E-state index in [0.717, 1.165) is 11.3 Å². The van der Waals surface area contributed by atoms with Gasteiger partial charge in [-0.3, -0.25) is 14.5 Å². The van der Waals surface area contributed by atoms with Crippen molar-refractivity contribution in [2.75, 3.05) is 17.2 Å². The lowest BCUT2D eigenvalue weighted by Crippen LogP contribution is -2.71. The summed E-state index contributed by atoms with van der Waals surface area (Å²) in [4.78, 5) is 42.4. The van der Waals surface area contributed by atoms with Gasteiger partial charge in [0.15, 0.2) is 10.8 Å². The molecule has 13 heteroatoms. The average molecular weight is 454 g/mol. The van der Waals surface area contributed by atoms with Gasteiger partial charge in [0.05, 0.1) is 5.75 Å². The van der Waals surface area contributed by atoms with Gasteiger partial charge in [-0.05, 0) is 6.92 Å². The van der Waals surface area contributed by atoms with Crippen LogP contribution in [0.2, 0.25) is 0 Å². The van der Waals surface area contributed by atoms with Gasteiger partial charge >= 0.3 is 5.97 Å². The molecule has 1 aromatic heterocycles. The SMILES string of the molecule is CC#CCSC1=C(C(=O)O)N2C(=O)[C@@H](NC(=O)/C(=N\O)c3csc(N)n3)[C@H]2SC1. The Morgan fingerprint density at radius 1 is 1.55 bits per heavy atom. The number of carboxylic acids is 1. The van der Waals surface area contributed by atoms with Crippen molar-refractivity contribution in [3.8, 4) is 11.8 Å². The summed E-state index contributed by atoms with van der Waals surface area (Å²) in [5.74, 6) is 3.80. The van der Waals surface area contributed by atoms with E-state index in [0.29, 0.717) is 16.4 Å². The van der Waals surface area contributed by atoms with E-state index in [1.807, 2.05) is 0 Å². The molecule has 1 saturated heterocycles. The van der Waals surface area contributed by atoms with Gasteiger partial charge in [0.2, 0.25) is 0 Å². The van der Waals surface area contributed by atoms with Crippen LogP contribution in [0, 0.1) is 11.8 Å². The van der Waals surface area contributed by atoms with Gasteiger partial charge in [-0.15, -0.1) is 40.8 Å². The number of thioether (sulfide) groups is 2. The minimum absolute atomic E-state index is 0.0780. The zero-order chi connectivity index (χ0) is 21.1. The van der Waals surface area contributed by atoms with Crippen molar-refractivity contribution in [1.82, 2.24) is 15.2 Å². The lowest BCUT2D eigenvalue weighted by molar-refractivity contribution is -0.150. The molecule has 5 N–H and O–H groups in total. The fourth-order valence-electron chi connectivity index (χ4n) is 2.72. The zero-order valence-corrected chi connectivity index (χ0v) is 17.4. The van der Waals surface area contributed by atoms with Gasteiger partial charge in [-0.25, -0.2) is 9.78 Å². The summed E-state index contributed by atoms with van der Waals surface area (Å²) in [6.07, 6.45) is 0. The van der Waals surface area contributed by atoms with Crippen LogP contribution in [0.5, 0.6) is 0 Å². The number of nitrogens with zero attached hydrogens (tertiary/aromatic N) is 3. The molecule has 0 radical (unpaired) electrons. The van der Waals surface area contributed by atoms with Crippen LogP contribution in [0.4, 0.5) is 5.13 Å². The molecule has 1 aromatic rings. The van der Waals surface area contributed by atoms with Gasteiger partial charge < -0.3 is 21.4 Å². The molecule has 2 amide bonds. The number of nitrogen functional groups attached to an aromatic ring is 1. The van der Waals surface area contributed by atoms with Gasteiger partial charge in [-0.1, -0.05) is 11.1 Å². The molecule has 2 atom stereocenters. The van der Waals surface area contributed by atoms with Gasteiger partial charge in [-0.2, -0.15) is 0 Å². The quantitative estimate of drug-likeness (QED) is 0.157. The third-order valence-corrected chi connectivity index (χ3v) is 7.11. The predicted octanol–water partition coefficient (Wildman–Crippen LogP) is 0.356. The van der Waals surface area contributed by atoms with E-state index in [1.165, 1.54) is 33.8 Å². The Kier molecular flexibility index (Phi) is 6.36. The van der Waals surface area contributed by atoms with Crippen LogP contribution in [0.3, 0.4) is 0 Å². The van der Waals surface area contributed by atoms with Crippen molar-refractivity contribution in [2.45, 2.75) is 18.3 Å². The highest BCUT2D eigenvalue weighted by Crippen LogP contribution is 2.43. The highest BCUT2D eigenvalue weighted by Gasteiger charge is 2.54. The summed E-state index contributed by atoms with van der Waals surface area (Å²) >= 11 is 3.68. The number of carbonyl (C=O) groups excluding carboxylic acids is 2. The molecule has 2 aliphatic rings. The van der Waals surface area contributed by atoms with Crippen LogP contribution in [0.1, 0.15) is 12.6 Å². The van der Waals surface area contributed by atoms with Gasteiger partial charge in [0, 0.05) is 16.0 Å². The number of nitrogens with one attached hydrogen (secondary N) is 1. The third kappa shape index (κ3) is 4.04. The first-order valence-electron chi connectivity index (χ1n) is 8.06. The van der Waals surface area contributed by atoms with E-state index < -0.39 is 29.2 Å². The second kappa shape index (κ2) is 8.76. The molecule has 152 valence electrons. The maximum absolute atomic E-state index is 12.6. The molecule has 2 aliphatic heterocycles. The van der Waals surface area contributed by atoms with Crippen molar-refractivity contribution in [1.29, 1.82) is 0 Å². The minimum Gasteiger partial charge on any atom is -0.477 e. The van der Waals surface area contributed by atoms with Crippen LogP contribution in [-0.2, 0) is 14.4 Å². The number of thiazole rings is 1. The number of aromatic nitrogens is 1. The van der Waals surface area contributed by atoms with Crippen molar-refractivity contribution < 1.29 is 24.7 Å². The van der Waals surface area contributed by atoms with E-state index in [9.17, 15) is 19.5 Å². The fraction of sp³-hybridized carbons (Fsp3) is 0.312. The number of β-lactam (4-membered cyclic amide) rings is 1. The van der Waals surface area contributed by atoms with Crippen LogP contribution in [0.15, 0.2) is 21.1 Å². The van der Waals surface area contributed by atoms with Crippen molar-refractivity contribution in [3.63, 3.8) is 0 Å². The van der Waals surface area contributed by atoms with Crippen LogP contribution in [-0.4, -0.2) is 66.6 Å². The van der Waals surface area contributed by atoms with E-state index >= 15 is 0 Å². The van der Waals surface area contributed by atoms with E-state index in [-0.39, 0.29) is 22.2 Å². The van der Waals surface area contributed by atoms with E-state index in [2.05, 4.69) is 27.3 Å². The van der Waals surface area contributed by atoms with Crippen molar-refractivity contribution in [2.24, 2.45) is 5.16 Å². The highest BCUT2D eigenvalue weighted by molar-refractivity contribution is 8.06. The van der Waals surface area contributed by atoms with Gasteiger partial charge in [0.1, 0.15) is 22.8 Å². The number of carbonyl (C=O) groups is 3. The molecule has 0 unspecified atom stereocenters. The van der Waals surface area contributed by atoms with Crippen LogP contribution in [0.25, 0.3) is 0 Å². The minimum atomic E-state index is -1.21. The fourth-order valence-corrected chi connectivity index (χ4v) is 5.71. The van der Waals surface area contributed by atoms with Gasteiger partial charge in [0.25, 0.3) is 11.8 Å². The summed E-state index contributed by atoms with van der Waals surface area (Å²) in [6.45, 7) is 1.69. The average Bonchev–Trinajstić information content (AvgIpc) is 3.12. The number of nitrogens with two attached hydrogens (primary N) is 1. The number of aliphatic carboxylic acids is 1. The maximum atomic E-state index is 12.6. The summed E-state index contributed by atoms with van der Waals surface area (Å²) in [6, 6.07) is -0.948. The Labute approximate surface area is 177 Å². The first kappa shape index (κ1) is 21.0. The monoisotopic (exact) mass is 453 g/mol. The Hall–Kier alpha value is -2.69. The first-order chi connectivity index (χ1) is 13.9. The lowest BCUT2D eigenvalue weighted by Gasteiger charge is -2.49. The molecule has 3 rings (SSSR count). The highest BCUT2D eigenvalue weighted by atomic mass is 32.2. The molecule has 0 bridgehead atoms. The molecular formula is C16H15N5O5S3. The molecule has 29 heavy (non-hydrogen) atoms. The largest absolute Gasteiger partial charge is 0.477 e. The molecule has 0 aromatic carbocycles. The van der Waals surface area contributed by atoms with Crippen LogP contribution >= 0.6 is 34.9 Å². The van der Waals surface area contributed by atoms with Crippen molar-refractivity contribution in [3.05, 3.63) is 21.7 Å². The topological polar surface area (TPSA) is 158 Å². The molecular weight excluding hydrogens is 438 g/mol. The van der Waals surface area contributed by atoms with Crippen molar-refractivity contribution >= 4 is 63.5 Å². The number of fused-ring (bicyclic) bond motifs is 1. The Bertz CT molecular complexity index is 993. The Morgan fingerprint density at radius 2 is 2.31 bits per heavy atom. The Balaban J connectivity index is 1.75. The molecule has 0 spiro atoms. The number of rotatable bonds is 6. The normalized spacial score (nSPS) is 21.1. The number of hydrogen-bond acceptors (Lipinski definition) is 10. The first-order valence-corrected chi connectivity index (χ1v) is 11.0. The Morgan fingerprint density at radius 3 is 2.90 bits per heavy atom. The number of oxime groups is 1. The second-order valence-electron chi connectivity index (χ2n) is 5.67. The summed E-state index contributed by atoms with van der Waals surface area (Å²) in [7, 11) is 0. The lowest BCUT2D eigenvalue weighted by atomic mass is 10.0. The molecule has 3 heterocycles. The third-order valence-electron chi connectivity index (χ3n) is 4.00. The molecule has 10 nitrogen and oxygen atoms in total. The van der Waals surface area contributed by atoms with E-state index in [4.69, 9.17) is 10.9 Å². The second-order valence-corrected chi connectivity index (χ2v) is 8.74. The predicted molar refractivity (Wildman–Crippen MR) is 110 cm³/mol. The number of amides is 2. The summed E-state index contributed by atoms with van der Waals surface area (Å²) < 4.78 is 0. The number of carboxylic acid groups (broad SMARTS) is 1. The smallest absolute Gasteiger partial charge is 0.353 e. The standard InChI is InChI=1S/C16H15N5O5S3/c1-2-3-4-27-8-6-28-14-10(13(23)21(14)11(8)15(24)25)19-12(22)9(20-26)7-5-29-16(17)18-7/h5,10,14,26H,4,6H2,1H3,(H2,17,18)(H,19,22)(H,24,25)/b20-9-/t10-,14-/m1/s1. The van der Waals surface area contributed by atoms with E-state index in [1.54, 1.807) is 6.92 Å².